The van der Waals surface area contributed by atoms with Crippen LogP contribution in [0.1, 0.15) is 27.7 Å². The molecule has 148 valence electrons. The Morgan fingerprint density at radius 2 is 1.59 bits per heavy atom. The van der Waals surface area contributed by atoms with Crippen molar-refractivity contribution in [1.29, 1.82) is 0 Å². The number of aromatic nitrogens is 1. The highest BCUT2D eigenvalue weighted by Crippen LogP contribution is 2.35. The fourth-order valence-corrected chi connectivity index (χ4v) is 4.68. The van der Waals surface area contributed by atoms with Gasteiger partial charge in [-0.2, -0.15) is 0 Å². The molecule has 0 bridgehead atoms. The van der Waals surface area contributed by atoms with Crippen LogP contribution in [-0.2, 0) is 13.1 Å². The monoisotopic (exact) mass is 387 g/mol. The zero-order valence-corrected chi connectivity index (χ0v) is 16.6. The standard InChI is InChI=1S/C24H25N3O2/c1-29-20-11-9-19(10-12-20)14-25-16-22-23(17-25)27(15-18-6-3-2-4-7-18)24(28)21-8-5-13-26(21)22/h2-13,22-23H,14-17H2,1H3/t22-,23-/m0/s1. The number of carbonyl (C=O) groups excluding carboxylic acids is 1. The topological polar surface area (TPSA) is 37.7 Å². The van der Waals surface area contributed by atoms with Crippen LogP contribution in [0.5, 0.6) is 5.75 Å². The maximum absolute atomic E-state index is 13.2. The van der Waals surface area contributed by atoms with Crippen LogP contribution in [0.4, 0.5) is 0 Å². The molecule has 29 heavy (non-hydrogen) atoms. The van der Waals surface area contributed by atoms with E-state index in [1.54, 1.807) is 7.11 Å². The molecule has 2 atom stereocenters. The lowest BCUT2D eigenvalue weighted by Crippen LogP contribution is -2.49. The van der Waals surface area contributed by atoms with Crippen molar-refractivity contribution in [3.05, 3.63) is 89.7 Å². The lowest BCUT2D eigenvalue weighted by Gasteiger charge is -2.38. The van der Waals surface area contributed by atoms with E-state index in [9.17, 15) is 4.79 Å². The van der Waals surface area contributed by atoms with Gasteiger partial charge >= 0.3 is 0 Å². The highest BCUT2D eigenvalue weighted by molar-refractivity contribution is 5.94. The van der Waals surface area contributed by atoms with Gasteiger partial charge in [0.1, 0.15) is 11.4 Å². The highest BCUT2D eigenvalue weighted by Gasteiger charge is 2.44. The molecule has 5 heteroatoms. The van der Waals surface area contributed by atoms with Gasteiger partial charge in [-0.1, -0.05) is 42.5 Å². The van der Waals surface area contributed by atoms with Gasteiger partial charge in [0.25, 0.3) is 5.91 Å². The molecule has 5 rings (SSSR count). The van der Waals surface area contributed by atoms with E-state index < -0.39 is 0 Å². The summed E-state index contributed by atoms with van der Waals surface area (Å²) in [6, 6.07) is 22.9. The van der Waals surface area contributed by atoms with Crippen molar-refractivity contribution >= 4 is 5.91 Å². The molecule has 5 nitrogen and oxygen atoms in total. The minimum absolute atomic E-state index is 0.131. The van der Waals surface area contributed by atoms with E-state index in [1.165, 1.54) is 11.1 Å². The van der Waals surface area contributed by atoms with Crippen LogP contribution in [0.2, 0.25) is 0 Å². The van der Waals surface area contributed by atoms with Crippen molar-refractivity contribution in [3.63, 3.8) is 0 Å². The van der Waals surface area contributed by atoms with E-state index in [4.69, 9.17) is 4.74 Å². The predicted molar refractivity (Wildman–Crippen MR) is 112 cm³/mol. The molecule has 1 fully saturated rings. The number of rotatable bonds is 5. The van der Waals surface area contributed by atoms with Crippen molar-refractivity contribution < 1.29 is 9.53 Å². The Hall–Kier alpha value is -3.05. The van der Waals surface area contributed by atoms with Crippen molar-refractivity contribution in [2.24, 2.45) is 0 Å². The van der Waals surface area contributed by atoms with Gasteiger partial charge in [0.15, 0.2) is 0 Å². The first-order chi connectivity index (χ1) is 14.2. The Labute approximate surface area is 171 Å². The average molecular weight is 387 g/mol. The van der Waals surface area contributed by atoms with E-state index in [0.717, 1.165) is 31.1 Å². The van der Waals surface area contributed by atoms with Gasteiger partial charge in [0.05, 0.1) is 19.2 Å². The van der Waals surface area contributed by atoms with Gasteiger partial charge in [-0.25, -0.2) is 0 Å². The molecule has 0 spiro atoms. The van der Waals surface area contributed by atoms with E-state index in [1.807, 2.05) is 42.5 Å². The van der Waals surface area contributed by atoms with Gasteiger partial charge in [-0.15, -0.1) is 0 Å². The molecule has 3 aromatic rings. The number of nitrogens with zero attached hydrogens (tertiary/aromatic N) is 3. The molecule has 2 aliphatic rings. The van der Waals surface area contributed by atoms with Crippen molar-refractivity contribution in [2.45, 2.75) is 25.2 Å². The summed E-state index contributed by atoms with van der Waals surface area (Å²) in [7, 11) is 1.69. The van der Waals surface area contributed by atoms with Gasteiger partial charge in [-0.3, -0.25) is 9.69 Å². The first-order valence-electron chi connectivity index (χ1n) is 10.1. The van der Waals surface area contributed by atoms with Crippen molar-refractivity contribution in [3.8, 4) is 5.75 Å². The predicted octanol–water partition coefficient (Wildman–Crippen LogP) is 3.58. The number of methoxy groups -OCH3 is 1. The Morgan fingerprint density at radius 3 is 2.34 bits per heavy atom. The number of fused-ring (bicyclic) bond motifs is 3. The van der Waals surface area contributed by atoms with Crippen LogP contribution in [0.15, 0.2) is 72.9 Å². The average Bonchev–Trinajstić information content (AvgIpc) is 3.40. The third-order valence-corrected chi connectivity index (χ3v) is 6.11. The number of likely N-dealkylation sites (tertiary alicyclic amines) is 1. The largest absolute Gasteiger partial charge is 0.497 e. The fourth-order valence-electron chi connectivity index (χ4n) is 4.68. The lowest BCUT2D eigenvalue weighted by molar-refractivity contribution is 0.0556. The van der Waals surface area contributed by atoms with Gasteiger partial charge in [0.2, 0.25) is 0 Å². The zero-order valence-electron chi connectivity index (χ0n) is 16.6. The second-order valence-corrected chi connectivity index (χ2v) is 7.90. The number of carbonyl (C=O) groups is 1. The second-order valence-electron chi connectivity index (χ2n) is 7.90. The summed E-state index contributed by atoms with van der Waals surface area (Å²) >= 11 is 0. The molecular weight excluding hydrogens is 362 g/mol. The molecule has 0 radical (unpaired) electrons. The normalized spacial score (nSPS) is 21.1. The Bertz CT molecular complexity index is 996. The molecule has 2 aliphatic heterocycles. The van der Waals surface area contributed by atoms with Crippen LogP contribution in [0, 0.1) is 0 Å². The smallest absolute Gasteiger partial charge is 0.271 e. The summed E-state index contributed by atoms with van der Waals surface area (Å²) in [6.45, 7) is 3.35. The second kappa shape index (κ2) is 7.41. The van der Waals surface area contributed by atoms with Crippen LogP contribution in [-0.4, -0.2) is 46.5 Å². The van der Waals surface area contributed by atoms with E-state index in [-0.39, 0.29) is 11.9 Å². The van der Waals surface area contributed by atoms with Gasteiger partial charge in [0, 0.05) is 32.4 Å². The van der Waals surface area contributed by atoms with Crippen LogP contribution >= 0.6 is 0 Å². The summed E-state index contributed by atoms with van der Waals surface area (Å²) in [5.41, 5.74) is 3.24. The number of amides is 1. The molecule has 1 amide bonds. The van der Waals surface area contributed by atoms with E-state index in [0.29, 0.717) is 12.6 Å². The van der Waals surface area contributed by atoms with Gasteiger partial charge < -0.3 is 14.2 Å². The Morgan fingerprint density at radius 1 is 0.862 bits per heavy atom. The zero-order chi connectivity index (χ0) is 19.8. The molecule has 0 unspecified atom stereocenters. The first kappa shape index (κ1) is 18.0. The van der Waals surface area contributed by atoms with Crippen LogP contribution < -0.4 is 4.74 Å². The Balaban J connectivity index is 1.40. The fraction of sp³-hybridized carbons (Fsp3) is 0.292. The first-order valence-corrected chi connectivity index (χ1v) is 10.1. The minimum atomic E-state index is 0.131. The number of hydrogen-bond acceptors (Lipinski definition) is 3. The molecule has 1 aromatic heterocycles. The van der Waals surface area contributed by atoms with E-state index in [2.05, 4.69) is 44.8 Å². The molecular formula is C24H25N3O2. The molecule has 0 aliphatic carbocycles. The van der Waals surface area contributed by atoms with Crippen LogP contribution in [0.3, 0.4) is 0 Å². The summed E-state index contributed by atoms with van der Waals surface area (Å²) in [6.07, 6.45) is 2.06. The third kappa shape index (κ3) is 3.32. The summed E-state index contributed by atoms with van der Waals surface area (Å²) < 4.78 is 7.45. The molecule has 0 N–H and O–H groups in total. The maximum atomic E-state index is 13.2. The van der Waals surface area contributed by atoms with E-state index >= 15 is 0 Å². The highest BCUT2D eigenvalue weighted by atomic mass is 16.5. The summed E-state index contributed by atoms with van der Waals surface area (Å²) in [5.74, 6) is 1.01. The SMILES string of the molecule is COc1ccc(CN2C[C@H]3[C@H](C2)n2cccc2C(=O)N3Cc2ccccc2)cc1. The van der Waals surface area contributed by atoms with Crippen molar-refractivity contribution in [1.82, 2.24) is 14.4 Å². The molecule has 1 saturated heterocycles. The van der Waals surface area contributed by atoms with Crippen molar-refractivity contribution in [2.75, 3.05) is 20.2 Å². The quantitative estimate of drug-likeness (QED) is 0.672. The molecule has 2 aromatic carbocycles. The third-order valence-electron chi connectivity index (χ3n) is 6.11. The minimum Gasteiger partial charge on any atom is -0.497 e. The van der Waals surface area contributed by atoms with Crippen LogP contribution in [0.25, 0.3) is 0 Å². The number of ether oxygens (including phenoxy) is 1. The molecule has 3 heterocycles. The Kier molecular flexibility index (Phi) is 4.60. The number of benzene rings is 2. The summed E-state index contributed by atoms with van der Waals surface area (Å²) in [4.78, 5) is 17.8. The number of hydrogen-bond donors (Lipinski definition) is 0. The summed E-state index contributed by atoms with van der Waals surface area (Å²) in [5, 5.41) is 0. The maximum Gasteiger partial charge on any atom is 0.271 e. The van der Waals surface area contributed by atoms with Gasteiger partial charge in [-0.05, 0) is 35.4 Å². The molecule has 0 saturated carbocycles. The lowest BCUT2D eigenvalue weighted by atomic mass is 10.0.